The Balaban J connectivity index is 2.50. The van der Waals surface area contributed by atoms with Crippen LogP contribution in [-0.4, -0.2) is 50.6 Å². The molecule has 1 atom stereocenters. The number of rotatable bonds is 8. The average molecular weight is 287 g/mol. The molecule has 0 saturated heterocycles. The highest BCUT2D eigenvalue weighted by atomic mass is 32.2. The second kappa shape index (κ2) is 8.11. The Morgan fingerprint density at radius 3 is 2.84 bits per heavy atom. The average Bonchev–Trinajstić information content (AvgIpc) is 2.76. The van der Waals surface area contributed by atoms with Crippen molar-refractivity contribution in [2.24, 2.45) is 0 Å². The van der Waals surface area contributed by atoms with Crippen molar-refractivity contribution >= 4 is 17.7 Å². The van der Waals surface area contributed by atoms with Gasteiger partial charge in [0.2, 0.25) is 5.16 Å². The van der Waals surface area contributed by atoms with Crippen molar-refractivity contribution in [2.45, 2.75) is 50.7 Å². The van der Waals surface area contributed by atoms with Gasteiger partial charge < -0.3 is 10.1 Å². The number of nitrogens with one attached hydrogen (secondary N) is 1. The molecule has 1 N–H and O–H groups in total. The SMILES string of the molecule is CCOC(=O)C(C)Sc1nnnn1CCNC(C)C. The summed E-state index contributed by atoms with van der Waals surface area (Å²) in [5.74, 6) is -0.248. The van der Waals surface area contributed by atoms with Crippen molar-refractivity contribution < 1.29 is 9.53 Å². The monoisotopic (exact) mass is 287 g/mol. The first-order valence-electron chi connectivity index (χ1n) is 6.37. The van der Waals surface area contributed by atoms with E-state index in [1.807, 2.05) is 0 Å². The van der Waals surface area contributed by atoms with Crippen LogP contribution in [0.3, 0.4) is 0 Å². The predicted molar refractivity (Wildman–Crippen MR) is 72.9 cm³/mol. The van der Waals surface area contributed by atoms with Crippen molar-refractivity contribution in [1.29, 1.82) is 0 Å². The van der Waals surface area contributed by atoms with E-state index in [2.05, 4.69) is 34.7 Å². The van der Waals surface area contributed by atoms with Gasteiger partial charge in [-0.25, -0.2) is 4.68 Å². The summed E-state index contributed by atoms with van der Waals surface area (Å²) in [6, 6.07) is 0.422. The van der Waals surface area contributed by atoms with Crippen molar-refractivity contribution in [1.82, 2.24) is 25.5 Å². The van der Waals surface area contributed by atoms with Gasteiger partial charge >= 0.3 is 5.97 Å². The minimum Gasteiger partial charge on any atom is -0.465 e. The van der Waals surface area contributed by atoms with E-state index in [-0.39, 0.29) is 11.2 Å². The Hall–Kier alpha value is -1.15. The standard InChI is InChI=1S/C11H21N5O2S/c1-5-18-10(17)9(4)19-11-13-14-15-16(11)7-6-12-8(2)3/h8-9,12H,5-7H2,1-4H3. The number of hydrogen-bond acceptors (Lipinski definition) is 7. The molecule has 1 aromatic rings. The number of aromatic nitrogens is 4. The summed E-state index contributed by atoms with van der Waals surface area (Å²) < 4.78 is 6.65. The van der Waals surface area contributed by atoms with Crippen LogP contribution in [0.15, 0.2) is 5.16 Å². The van der Waals surface area contributed by atoms with Crippen LogP contribution < -0.4 is 5.32 Å². The second-order valence-corrected chi connectivity index (χ2v) is 5.61. The molecule has 0 bridgehead atoms. The van der Waals surface area contributed by atoms with Gasteiger partial charge in [-0.15, -0.1) is 5.10 Å². The highest BCUT2D eigenvalue weighted by molar-refractivity contribution is 8.00. The predicted octanol–water partition coefficient (Wildman–Crippen LogP) is 0.715. The Morgan fingerprint density at radius 2 is 2.21 bits per heavy atom. The van der Waals surface area contributed by atoms with E-state index in [0.29, 0.717) is 24.3 Å². The number of tetrazole rings is 1. The first kappa shape index (κ1) is 15.9. The van der Waals surface area contributed by atoms with Gasteiger partial charge in [-0.1, -0.05) is 25.6 Å². The molecule has 0 aromatic carbocycles. The lowest BCUT2D eigenvalue weighted by Crippen LogP contribution is -2.27. The number of thioether (sulfide) groups is 1. The van der Waals surface area contributed by atoms with E-state index < -0.39 is 0 Å². The van der Waals surface area contributed by atoms with E-state index in [9.17, 15) is 4.79 Å². The zero-order chi connectivity index (χ0) is 14.3. The molecule has 0 spiro atoms. The van der Waals surface area contributed by atoms with Gasteiger partial charge in [0.1, 0.15) is 5.25 Å². The lowest BCUT2D eigenvalue weighted by molar-refractivity contribution is -0.142. The molecule has 1 aromatic heterocycles. The van der Waals surface area contributed by atoms with Gasteiger partial charge in [-0.3, -0.25) is 4.79 Å². The van der Waals surface area contributed by atoms with E-state index >= 15 is 0 Å². The number of nitrogens with zero attached hydrogens (tertiary/aromatic N) is 4. The molecular formula is C11H21N5O2S. The fraction of sp³-hybridized carbons (Fsp3) is 0.818. The maximum atomic E-state index is 11.6. The van der Waals surface area contributed by atoms with E-state index in [0.717, 1.165) is 6.54 Å². The van der Waals surface area contributed by atoms with Crippen LogP contribution >= 0.6 is 11.8 Å². The van der Waals surface area contributed by atoms with Crippen molar-refractivity contribution in [3.05, 3.63) is 0 Å². The molecule has 0 aliphatic carbocycles. The molecule has 1 unspecified atom stereocenters. The van der Waals surface area contributed by atoms with Gasteiger partial charge in [0.05, 0.1) is 13.2 Å². The number of carbonyl (C=O) groups is 1. The van der Waals surface area contributed by atoms with Crippen LogP contribution in [0.2, 0.25) is 0 Å². The highest BCUT2D eigenvalue weighted by Crippen LogP contribution is 2.20. The Morgan fingerprint density at radius 1 is 1.47 bits per heavy atom. The third-order valence-corrected chi connectivity index (χ3v) is 3.33. The minimum atomic E-state index is -0.317. The van der Waals surface area contributed by atoms with Crippen molar-refractivity contribution in [3.63, 3.8) is 0 Å². The van der Waals surface area contributed by atoms with Crippen LogP contribution in [0.1, 0.15) is 27.7 Å². The summed E-state index contributed by atoms with van der Waals surface area (Å²) in [4.78, 5) is 11.6. The van der Waals surface area contributed by atoms with E-state index in [1.54, 1.807) is 18.5 Å². The number of hydrogen-bond donors (Lipinski definition) is 1. The molecule has 19 heavy (non-hydrogen) atoms. The molecule has 0 saturated carbocycles. The lowest BCUT2D eigenvalue weighted by Gasteiger charge is -2.11. The van der Waals surface area contributed by atoms with Gasteiger partial charge in [-0.2, -0.15) is 0 Å². The molecule has 7 nitrogen and oxygen atoms in total. The summed E-state index contributed by atoms with van der Waals surface area (Å²) in [6.07, 6.45) is 0. The van der Waals surface area contributed by atoms with Crippen LogP contribution in [-0.2, 0) is 16.1 Å². The Bertz CT molecular complexity index is 396. The molecule has 0 amide bonds. The molecule has 1 heterocycles. The summed E-state index contributed by atoms with van der Waals surface area (Å²) in [7, 11) is 0. The third-order valence-electron chi connectivity index (χ3n) is 2.28. The van der Waals surface area contributed by atoms with Crippen LogP contribution in [0.25, 0.3) is 0 Å². The maximum absolute atomic E-state index is 11.6. The summed E-state index contributed by atoms with van der Waals surface area (Å²) in [6.45, 7) is 9.57. The molecule has 0 radical (unpaired) electrons. The van der Waals surface area contributed by atoms with Crippen LogP contribution in [0, 0.1) is 0 Å². The quantitative estimate of drug-likeness (QED) is 0.557. The Kier molecular flexibility index (Phi) is 6.79. The lowest BCUT2D eigenvalue weighted by atomic mass is 10.4. The summed E-state index contributed by atoms with van der Waals surface area (Å²) >= 11 is 1.31. The normalized spacial score (nSPS) is 12.7. The number of esters is 1. The molecular weight excluding hydrogens is 266 g/mol. The highest BCUT2D eigenvalue weighted by Gasteiger charge is 2.19. The molecule has 0 aliphatic rings. The second-order valence-electron chi connectivity index (χ2n) is 4.31. The summed E-state index contributed by atoms with van der Waals surface area (Å²) in [5.41, 5.74) is 0. The van der Waals surface area contributed by atoms with Gasteiger partial charge in [0, 0.05) is 12.6 Å². The topological polar surface area (TPSA) is 81.9 Å². The van der Waals surface area contributed by atoms with E-state index in [4.69, 9.17) is 4.74 Å². The molecule has 108 valence electrons. The van der Waals surface area contributed by atoms with Gasteiger partial charge in [0.15, 0.2) is 0 Å². The Labute approximate surface area is 117 Å². The fourth-order valence-corrected chi connectivity index (χ4v) is 2.16. The number of carbonyl (C=O) groups excluding carboxylic acids is 1. The number of ether oxygens (including phenoxy) is 1. The smallest absolute Gasteiger partial charge is 0.319 e. The fourth-order valence-electron chi connectivity index (χ4n) is 1.35. The zero-order valence-corrected chi connectivity index (χ0v) is 12.6. The van der Waals surface area contributed by atoms with Gasteiger partial charge in [0.25, 0.3) is 0 Å². The summed E-state index contributed by atoms with van der Waals surface area (Å²) in [5, 5.41) is 15.1. The first-order chi connectivity index (χ1) is 9.04. The van der Waals surface area contributed by atoms with E-state index in [1.165, 1.54) is 11.8 Å². The largest absolute Gasteiger partial charge is 0.465 e. The third kappa shape index (κ3) is 5.56. The molecule has 1 rings (SSSR count). The maximum Gasteiger partial charge on any atom is 0.319 e. The van der Waals surface area contributed by atoms with Crippen molar-refractivity contribution in [2.75, 3.05) is 13.2 Å². The van der Waals surface area contributed by atoms with Crippen molar-refractivity contribution in [3.8, 4) is 0 Å². The van der Waals surface area contributed by atoms with Gasteiger partial charge in [-0.05, 0) is 24.3 Å². The minimum absolute atomic E-state index is 0.248. The molecule has 0 aliphatic heterocycles. The first-order valence-corrected chi connectivity index (χ1v) is 7.25. The van der Waals surface area contributed by atoms with Crippen LogP contribution in [0.4, 0.5) is 0 Å². The molecule has 8 heteroatoms. The zero-order valence-electron chi connectivity index (χ0n) is 11.8. The van der Waals surface area contributed by atoms with Crippen LogP contribution in [0.5, 0.6) is 0 Å². The molecule has 0 fully saturated rings.